The Kier molecular flexibility index (Phi) is 6.37. The molecule has 174 valence electrons. The van der Waals surface area contributed by atoms with Gasteiger partial charge in [-0.15, -0.1) is 0 Å². The fourth-order valence-corrected chi connectivity index (χ4v) is 4.61. The van der Waals surface area contributed by atoms with Gasteiger partial charge in [-0.25, -0.2) is 4.99 Å². The zero-order valence-corrected chi connectivity index (χ0v) is 20.9. The van der Waals surface area contributed by atoms with E-state index in [-0.39, 0.29) is 0 Å². The van der Waals surface area contributed by atoms with E-state index in [4.69, 9.17) is 4.99 Å². The largest absolute Gasteiger partial charge is 0.355 e. The van der Waals surface area contributed by atoms with Gasteiger partial charge in [0.15, 0.2) is 0 Å². The molecule has 0 unspecified atom stereocenters. The third-order valence-electron chi connectivity index (χ3n) is 6.59. The van der Waals surface area contributed by atoms with Crippen molar-refractivity contribution in [3.63, 3.8) is 0 Å². The van der Waals surface area contributed by atoms with Crippen LogP contribution >= 0.6 is 0 Å². The highest BCUT2D eigenvalue weighted by atomic mass is 14.8. The van der Waals surface area contributed by atoms with Crippen molar-refractivity contribution in [1.29, 1.82) is 0 Å². The van der Waals surface area contributed by atoms with Gasteiger partial charge in [-0.2, -0.15) is 0 Å². The molecular formula is C33H32N2. The number of hydrogen-bond donors (Lipinski definition) is 1. The molecule has 3 aromatic carbocycles. The van der Waals surface area contributed by atoms with Crippen molar-refractivity contribution in [2.75, 3.05) is 0 Å². The maximum absolute atomic E-state index is 5.18. The van der Waals surface area contributed by atoms with Gasteiger partial charge < -0.3 is 4.98 Å². The highest BCUT2D eigenvalue weighted by Crippen LogP contribution is 2.35. The Morgan fingerprint density at radius 3 is 2.11 bits per heavy atom. The van der Waals surface area contributed by atoms with Crippen LogP contribution in [0.5, 0.6) is 0 Å². The van der Waals surface area contributed by atoms with Crippen LogP contribution in [0.1, 0.15) is 84.3 Å². The smallest absolute Gasteiger partial charge is 0.0791 e. The number of hydrogen-bond acceptors (Lipinski definition) is 1. The van der Waals surface area contributed by atoms with Crippen LogP contribution in [0.2, 0.25) is 0 Å². The van der Waals surface area contributed by atoms with E-state index in [9.17, 15) is 0 Å². The molecule has 1 aliphatic heterocycles. The van der Waals surface area contributed by atoms with E-state index in [2.05, 4.69) is 130 Å². The molecule has 1 N–H and O–H groups in total. The third kappa shape index (κ3) is 4.83. The average Bonchev–Trinajstić information content (AvgIpc) is 3.48. The lowest BCUT2D eigenvalue weighted by Crippen LogP contribution is -2.07. The summed E-state index contributed by atoms with van der Waals surface area (Å²) >= 11 is 0. The topological polar surface area (TPSA) is 28.1 Å². The van der Waals surface area contributed by atoms with E-state index in [1.54, 1.807) is 0 Å². The standard InChI is InChI=1S/C33H32N2/c1-22(2)25-15-19-30(31(20-25)23(3)4)33-29-13-9-8-12-28(29)32(35-33)21-27-18-17-26(34-27)16-14-24-10-6-5-7-11-24/h5-23,34H,1-4H3/b16-14+,32-21-. The first-order valence-corrected chi connectivity index (χ1v) is 12.5. The third-order valence-corrected chi connectivity index (χ3v) is 6.59. The van der Waals surface area contributed by atoms with Crippen molar-refractivity contribution in [2.45, 2.75) is 39.5 Å². The minimum Gasteiger partial charge on any atom is -0.355 e. The number of rotatable bonds is 6. The number of H-pyrrole nitrogens is 1. The van der Waals surface area contributed by atoms with E-state index in [0.717, 1.165) is 22.8 Å². The summed E-state index contributed by atoms with van der Waals surface area (Å²) < 4.78 is 0. The fraction of sp³-hybridized carbons (Fsp3) is 0.182. The van der Waals surface area contributed by atoms with Crippen LogP contribution in [0.25, 0.3) is 23.9 Å². The first-order chi connectivity index (χ1) is 17.0. The maximum Gasteiger partial charge on any atom is 0.0791 e. The van der Waals surface area contributed by atoms with Gasteiger partial charge in [0.25, 0.3) is 0 Å². The molecular weight excluding hydrogens is 424 g/mol. The molecule has 0 amide bonds. The Hall–Kier alpha value is -3.91. The Morgan fingerprint density at radius 1 is 0.657 bits per heavy atom. The van der Waals surface area contributed by atoms with Gasteiger partial charge in [-0.3, -0.25) is 0 Å². The van der Waals surface area contributed by atoms with Crippen LogP contribution in [0, 0.1) is 0 Å². The maximum atomic E-state index is 5.18. The molecule has 0 saturated heterocycles. The Balaban J connectivity index is 1.52. The summed E-state index contributed by atoms with van der Waals surface area (Å²) in [6, 6.07) is 30.0. The number of aromatic nitrogens is 1. The van der Waals surface area contributed by atoms with E-state index in [1.165, 1.54) is 33.4 Å². The van der Waals surface area contributed by atoms with Gasteiger partial charge in [0, 0.05) is 28.1 Å². The molecule has 0 fully saturated rings. The molecule has 4 aromatic rings. The molecule has 2 heteroatoms. The van der Waals surface area contributed by atoms with E-state index < -0.39 is 0 Å². The SMILES string of the molecule is CC(C)c1ccc(C2=N/C(=C\c3ccc(/C=C/c4ccccc4)[nH]3)c3ccccc32)c(C(C)C)c1. The summed E-state index contributed by atoms with van der Waals surface area (Å²) in [7, 11) is 0. The normalized spacial score (nSPS) is 14.3. The van der Waals surface area contributed by atoms with Gasteiger partial charge in [-0.05, 0) is 52.8 Å². The van der Waals surface area contributed by atoms with Crippen molar-refractivity contribution in [2.24, 2.45) is 4.99 Å². The van der Waals surface area contributed by atoms with Crippen molar-refractivity contribution < 1.29 is 0 Å². The van der Waals surface area contributed by atoms with E-state index in [1.807, 2.05) is 6.07 Å². The zero-order chi connectivity index (χ0) is 24.4. The van der Waals surface area contributed by atoms with Crippen LogP contribution in [-0.4, -0.2) is 10.7 Å². The molecule has 0 saturated carbocycles. The summed E-state index contributed by atoms with van der Waals surface area (Å²) in [6.45, 7) is 9.04. The number of nitrogens with zero attached hydrogens (tertiary/aromatic N) is 1. The second-order valence-electron chi connectivity index (χ2n) is 9.80. The first-order valence-electron chi connectivity index (χ1n) is 12.5. The van der Waals surface area contributed by atoms with E-state index >= 15 is 0 Å². The predicted molar refractivity (Wildman–Crippen MR) is 151 cm³/mol. The molecule has 0 atom stereocenters. The van der Waals surface area contributed by atoms with Crippen molar-refractivity contribution in [3.8, 4) is 0 Å². The molecule has 0 bridgehead atoms. The number of fused-ring (bicyclic) bond motifs is 1. The number of aliphatic imine (C=N–C) groups is 1. The van der Waals surface area contributed by atoms with Crippen LogP contribution in [0.15, 0.2) is 89.9 Å². The highest BCUT2D eigenvalue weighted by Gasteiger charge is 2.24. The van der Waals surface area contributed by atoms with Gasteiger partial charge in [-0.1, -0.05) is 107 Å². The Bertz CT molecular complexity index is 1430. The van der Waals surface area contributed by atoms with Crippen molar-refractivity contribution in [1.82, 2.24) is 4.98 Å². The second-order valence-corrected chi connectivity index (χ2v) is 9.80. The molecule has 0 radical (unpaired) electrons. The number of aromatic amines is 1. The molecule has 0 aliphatic carbocycles. The second kappa shape index (κ2) is 9.76. The lowest BCUT2D eigenvalue weighted by atomic mass is 9.87. The minimum absolute atomic E-state index is 0.425. The minimum atomic E-state index is 0.425. The molecule has 1 aromatic heterocycles. The Labute approximate surface area is 208 Å². The Morgan fingerprint density at radius 2 is 1.37 bits per heavy atom. The van der Waals surface area contributed by atoms with Crippen LogP contribution in [-0.2, 0) is 0 Å². The lowest BCUT2D eigenvalue weighted by molar-refractivity contribution is 0.832. The molecule has 1 aliphatic rings. The lowest BCUT2D eigenvalue weighted by Gasteiger charge is -2.17. The summed E-state index contributed by atoms with van der Waals surface area (Å²) in [5.74, 6) is 0.932. The summed E-state index contributed by atoms with van der Waals surface area (Å²) in [5, 5.41) is 0. The molecule has 0 spiro atoms. The zero-order valence-electron chi connectivity index (χ0n) is 20.9. The number of nitrogens with one attached hydrogen (secondary N) is 1. The van der Waals surface area contributed by atoms with Gasteiger partial charge in [0.2, 0.25) is 0 Å². The quantitative estimate of drug-likeness (QED) is 0.300. The van der Waals surface area contributed by atoms with Gasteiger partial charge in [0.05, 0.1) is 11.4 Å². The van der Waals surface area contributed by atoms with Gasteiger partial charge in [0.1, 0.15) is 0 Å². The average molecular weight is 457 g/mol. The first kappa shape index (κ1) is 22.9. The van der Waals surface area contributed by atoms with Gasteiger partial charge >= 0.3 is 0 Å². The highest BCUT2D eigenvalue weighted by molar-refractivity contribution is 6.22. The molecule has 2 nitrogen and oxygen atoms in total. The van der Waals surface area contributed by atoms with E-state index in [0.29, 0.717) is 11.8 Å². The van der Waals surface area contributed by atoms with Crippen LogP contribution in [0.4, 0.5) is 0 Å². The predicted octanol–water partition coefficient (Wildman–Crippen LogP) is 8.78. The molecule has 5 rings (SSSR count). The van der Waals surface area contributed by atoms with Crippen molar-refractivity contribution >= 4 is 29.6 Å². The summed E-state index contributed by atoms with van der Waals surface area (Å²) in [4.78, 5) is 8.69. The molecule has 35 heavy (non-hydrogen) atoms. The summed E-state index contributed by atoms with van der Waals surface area (Å²) in [5.41, 5.74) is 11.7. The number of benzene rings is 3. The summed E-state index contributed by atoms with van der Waals surface area (Å²) in [6.07, 6.45) is 6.39. The van der Waals surface area contributed by atoms with Crippen LogP contribution in [0.3, 0.4) is 0 Å². The van der Waals surface area contributed by atoms with Crippen molar-refractivity contribution in [3.05, 3.63) is 130 Å². The molecule has 2 heterocycles. The fourth-order valence-electron chi connectivity index (χ4n) is 4.61. The van der Waals surface area contributed by atoms with Crippen LogP contribution < -0.4 is 0 Å². The monoisotopic (exact) mass is 456 g/mol.